The van der Waals surface area contributed by atoms with Gasteiger partial charge in [-0.3, -0.25) is 0 Å². The number of aromatic nitrogens is 1. The largest absolute Gasteiger partial charge is 0.370 e. The summed E-state index contributed by atoms with van der Waals surface area (Å²) >= 11 is 1.66. The van der Waals surface area contributed by atoms with Crippen LogP contribution in [0.25, 0.3) is 0 Å². The molecule has 0 bridgehead atoms. The third kappa shape index (κ3) is 7.15. The second-order valence-electron chi connectivity index (χ2n) is 5.42. The molecule has 0 aliphatic carbocycles. The molecule has 0 aliphatic rings. The minimum atomic E-state index is 0.380. The summed E-state index contributed by atoms with van der Waals surface area (Å²) < 4.78 is 0. The molecule has 4 nitrogen and oxygen atoms in total. The van der Waals surface area contributed by atoms with Crippen LogP contribution >= 0.6 is 11.3 Å². The molecule has 3 N–H and O–H groups in total. The fourth-order valence-corrected chi connectivity index (χ4v) is 2.56. The highest BCUT2D eigenvalue weighted by atomic mass is 32.1. The van der Waals surface area contributed by atoms with Gasteiger partial charge in [0.1, 0.15) is 0 Å². The van der Waals surface area contributed by atoms with Gasteiger partial charge in [-0.1, -0.05) is 26.7 Å². The summed E-state index contributed by atoms with van der Waals surface area (Å²) in [7, 11) is 0. The van der Waals surface area contributed by atoms with Gasteiger partial charge in [0, 0.05) is 17.1 Å². The van der Waals surface area contributed by atoms with Gasteiger partial charge in [-0.05, 0) is 26.2 Å². The van der Waals surface area contributed by atoms with Crippen LogP contribution in [0.4, 0.5) is 0 Å². The van der Waals surface area contributed by atoms with Crippen molar-refractivity contribution in [1.82, 2.24) is 10.3 Å². The Balaban J connectivity index is 2.27. The topological polar surface area (TPSA) is 63.3 Å². The SMILES string of the molecule is Cc1ncc(CN=C(N)NC(C)CCCC(C)C)s1. The molecule has 5 heteroatoms. The zero-order valence-electron chi connectivity index (χ0n) is 12.4. The van der Waals surface area contributed by atoms with Gasteiger partial charge in [-0.15, -0.1) is 11.3 Å². The number of nitrogens with one attached hydrogen (secondary N) is 1. The second kappa shape index (κ2) is 8.15. The maximum absolute atomic E-state index is 5.88. The van der Waals surface area contributed by atoms with Crippen LogP contribution < -0.4 is 11.1 Å². The number of hydrogen-bond acceptors (Lipinski definition) is 3. The normalized spacial score (nSPS) is 13.8. The van der Waals surface area contributed by atoms with Gasteiger partial charge in [0.25, 0.3) is 0 Å². The van der Waals surface area contributed by atoms with E-state index in [1.807, 2.05) is 13.1 Å². The highest BCUT2D eigenvalue weighted by Gasteiger charge is 2.04. The molecular weight excluding hydrogens is 256 g/mol. The van der Waals surface area contributed by atoms with Crippen LogP contribution in [0.1, 0.15) is 49.9 Å². The molecule has 0 aliphatic heterocycles. The van der Waals surface area contributed by atoms with Gasteiger partial charge in [0.2, 0.25) is 0 Å². The smallest absolute Gasteiger partial charge is 0.189 e. The molecule has 0 amide bonds. The predicted octanol–water partition coefficient (Wildman–Crippen LogP) is 3.07. The first kappa shape index (κ1) is 16.0. The van der Waals surface area contributed by atoms with Gasteiger partial charge in [-0.25, -0.2) is 9.98 Å². The molecule has 1 heterocycles. The lowest BCUT2D eigenvalue weighted by atomic mass is 10.0. The number of nitrogens with zero attached hydrogens (tertiary/aromatic N) is 2. The molecule has 1 aromatic rings. The van der Waals surface area contributed by atoms with Gasteiger partial charge in [0.05, 0.1) is 11.6 Å². The number of nitrogens with two attached hydrogens (primary N) is 1. The Morgan fingerprint density at radius 2 is 2.16 bits per heavy atom. The maximum atomic E-state index is 5.88. The van der Waals surface area contributed by atoms with E-state index in [2.05, 4.69) is 36.1 Å². The van der Waals surface area contributed by atoms with E-state index in [0.29, 0.717) is 18.5 Å². The van der Waals surface area contributed by atoms with Crippen LogP contribution in [0, 0.1) is 12.8 Å². The maximum Gasteiger partial charge on any atom is 0.189 e. The molecule has 1 unspecified atom stereocenters. The van der Waals surface area contributed by atoms with Crippen molar-refractivity contribution in [3.63, 3.8) is 0 Å². The summed E-state index contributed by atoms with van der Waals surface area (Å²) in [6.45, 7) is 9.27. The Bertz CT molecular complexity index is 398. The summed E-state index contributed by atoms with van der Waals surface area (Å²) in [4.78, 5) is 9.69. The average molecular weight is 282 g/mol. The summed E-state index contributed by atoms with van der Waals surface area (Å²) in [6.07, 6.45) is 5.49. The number of aryl methyl sites for hydroxylation is 1. The lowest BCUT2D eigenvalue weighted by Gasteiger charge is -2.14. The molecule has 1 aromatic heterocycles. The van der Waals surface area contributed by atoms with E-state index >= 15 is 0 Å². The standard InChI is InChI=1S/C14H26N4S/c1-10(2)6-5-7-11(3)18-14(15)17-9-13-8-16-12(4)19-13/h8,10-11H,5-7,9H2,1-4H3,(H3,15,17,18). The molecule has 0 spiro atoms. The first-order valence-corrected chi connectivity index (χ1v) is 7.76. The Kier molecular flexibility index (Phi) is 6.84. The Labute approximate surface area is 120 Å². The molecule has 0 saturated heterocycles. The second-order valence-corrected chi connectivity index (χ2v) is 6.74. The summed E-state index contributed by atoms with van der Waals surface area (Å²) in [5.41, 5.74) is 5.88. The van der Waals surface area contributed by atoms with Crippen LogP contribution in [-0.2, 0) is 6.54 Å². The minimum Gasteiger partial charge on any atom is -0.370 e. The molecular formula is C14H26N4S. The monoisotopic (exact) mass is 282 g/mol. The quantitative estimate of drug-likeness (QED) is 0.597. The molecule has 108 valence electrons. The first-order valence-electron chi connectivity index (χ1n) is 6.95. The van der Waals surface area contributed by atoms with Crippen molar-refractivity contribution in [2.45, 2.75) is 59.5 Å². The summed E-state index contributed by atoms with van der Waals surface area (Å²) in [6, 6.07) is 0.380. The number of aliphatic imine (C=N–C) groups is 1. The molecule has 0 aromatic carbocycles. The number of hydrogen-bond donors (Lipinski definition) is 2. The van der Waals surface area contributed by atoms with Crippen molar-refractivity contribution in [3.8, 4) is 0 Å². The molecule has 0 fully saturated rings. The van der Waals surface area contributed by atoms with Crippen LogP contribution in [0.15, 0.2) is 11.2 Å². The van der Waals surface area contributed by atoms with E-state index in [1.54, 1.807) is 11.3 Å². The van der Waals surface area contributed by atoms with Crippen molar-refractivity contribution in [3.05, 3.63) is 16.1 Å². The fourth-order valence-electron chi connectivity index (χ4n) is 1.84. The van der Waals surface area contributed by atoms with E-state index in [9.17, 15) is 0 Å². The molecule has 0 radical (unpaired) electrons. The van der Waals surface area contributed by atoms with Gasteiger partial charge in [0.15, 0.2) is 5.96 Å². The highest BCUT2D eigenvalue weighted by Crippen LogP contribution is 2.12. The van der Waals surface area contributed by atoms with Crippen LogP contribution in [0.2, 0.25) is 0 Å². The Morgan fingerprint density at radius 1 is 1.42 bits per heavy atom. The highest BCUT2D eigenvalue weighted by molar-refractivity contribution is 7.11. The van der Waals surface area contributed by atoms with E-state index in [-0.39, 0.29) is 0 Å². The van der Waals surface area contributed by atoms with Gasteiger partial charge >= 0.3 is 0 Å². The molecule has 1 rings (SSSR count). The first-order chi connectivity index (χ1) is 8.97. The lowest BCUT2D eigenvalue weighted by molar-refractivity contribution is 0.493. The summed E-state index contributed by atoms with van der Waals surface area (Å²) in [5, 5.41) is 4.31. The van der Waals surface area contributed by atoms with E-state index in [1.165, 1.54) is 12.8 Å². The van der Waals surface area contributed by atoms with Crippen molar-refractivity contribution < 1.29 is 0 Å². The van der Waals surface area contributed by atoms with Crippen molar-refractivity contribution in [2.75, 3.05) is 0 Å². The number of rotatable bonds is 7. The number of guanidine groups is 1. The van der Waals surface area contributed by atoms with Crippen molar-refractivity contribution in [1.29, 1.82) is 0 Å². The van der Waals surface area contributed by atoms with Crippen molar-refractivity contribution >= 4 is 17.3 Å². The van der Waals surface area contributed by atoms with Crippen LogP contribution in [0.3, 0.4) is 0 Å². The number of thiazole rings is 1. The zero-order valence-corrected chi connectivity index (χ0v) is 13.3. The van der Waals surface area contributed by atoms with Crippen LogP contribution in [0.5, 0.6) is 0 Å². The third-order valence-corrected chi connectivity index (χ3v) is 3.78. The zero-order chi connectivity index (χ0) is 14.3. The van der Waals surface area contributed by atoms with Crippen molar-refractivity contribution in [2.24, 2.45) is 16.6 Å². The molecule has 19 heavy (non-hydrogen) atoms. The lowest BCUT2D eigenvalue weighted by Crippen LogP contribution is -2.38. The van der Waals surface area contributed by atoms with Crippen LogP contribution in [-0.4, -0.2) is 17.0 Å². The molecule has 0 saturated carbocycles. The Morgan fingerprint density at radius 3 is 2.74 bits per heavy atom. The average Bonchev–Trinajstić information content (AvgIpc) is 2.72. The predicted molar refractivity (Wildman–Crippen MR) is 83.5 cm³/mol. The van der Waals surface area contributed by atoms with E-state index in [0.717, 1.165) is 22.2 Å². The molecule has 1 atom stereocenters. The third-order valence-electron chi connectivity index (χ3n) is 2.89. The van der Waals surface area contributed by atoms with Gasteiger partial charge < -0.3 is 11.1 Å². The van der Waals surface area contributed by atoms with E-state index in [4.69, 9.17) is 5.73 Å². The fraction of sp³-hybridized carbons (Fsp3) is 0.714. The van der Waals surface area contributed by atoms with E-state index < -0.39 is 0 Å². The summed E-state index contributed by atoms with van der Waals surface area (Å²) in [5.74, 6) is 1.30. The Hall–Kier alpha value is -1.10. The minimum absolute atomic E-state index is 0.380. The van der Waals surface area contributed by atoms with Gasteiger partial charge in [-0.2, -0.15) is 0 Å².